The van der Waals surface area contributed by atoms with Crippen molar-refractivity contribution in [1.29, 1.82) is 0 Å². The number of benzene rings is 2. The first-order chi connectivity index (χ1) is 12.1. The molecule has 6 heteroatoms. The first-order valence-electron chi connectivity index (χ1n) is 9.04. The van der Waals surface area contributed by atoms with Crippen molar-refractivity contribution in [3.05, 3.63) is 64.7 Å². The number of aliphatic imine (C=N–C) groups is 1. The minimum absolute atomic E-state index is 0. The van der Waals surface area contributed by atoms with Crippen molar-refractivity contribution in [3.8, 4) is 0 Å². The molecule has 2 aliphatic heterocycles. The van der Waals surface area contributed by atoms with Crippen LogP contribution in [-0.2, 0) is 0 Å². The van der Waals surface area contributed by atoms with Gasteiger partial charge in [-0.3, -0.25) is 9.89 Å². The van der Waals surface area contributed by atoms with Crippen molar-refractivity contribution >= 4 is 47.8 Å². The second-order valence-electron chi connectivity index (χ2n) is 7.15. The lowest BCUT2D eigenvalue weighted by molar-refractivity contribution is 0.183. The fourth-order valence-corrected chi connectivity index (χ4v) is 4.07. The van der Waals surface area contributed by atoms with Gasteiger partial charge in [0, 0.05) is 47.5 Å². The quantitative estimate of drug-likeness (QED) is 0.678. The van der Waals surface area contributed by atoms with E-state index in [4.69, 9.17) is 16.6 Å². The highest BCUT2D eigenvalue weighted by atomic mass is 35.5. The average Bonchev–Trinajstić information content (AvgIpc) is 2.78. The van der Waals surface area contributed by atoms with Crippen LogP contribution in [0.2, 0.25) is 5.02 Å². The first-order valence-corrected chi connectivity index (χ1v) is 9.42. The molecule has 0 saturated carbocycles. The summed E-state index contributed by atoms with van der Waals surface area (Å²) in [7, 11) is 0. The van der Waals surface area contributed by atoms with Gasteiger partial charge < -0.3 is 4.90 Å². The van der Waals surface area contributed by atoms with E-state index < -0.39 is 0 Å². The van der Waals surface area contributed by atoms with E-state index in [0.717, 1.165) is 48.0 Å². The van der Waals surface area contributed by atoms with Crippen LogP contribution in [0.1, 0.15) is 25.0 Å². The summed E-state index contributed by atoms with van der Waals surface area (Å²) in [4.78, 5) is 10.1. The summed E-state index contributed by atoms with van der Waals surface area (Å²) in [5.74, 6) is 0. The molecule has 1 atom stereocenters. The van der Waals surface area contributed by atoms with Crippen LogP contribution in [0.5, 0.6) is 0 Å². The van der Waals surface area contributed by atoms with Crippen molar-refractivity contribution in [2.75, 3.05) is 31.1 Å². The van der Waals surface area contributed by atoms with Crippen LogP contribution in [0, 0.1) is 0 Å². The van der Waals surface area contributed by atoms with Crippen LogP contribution in [-0.4, -0.2) is 48.9 Å². The maximum Gasteiger partial charge on any atom is 0.0741 e. The van der Waals surface area contributed by atoms with Gasteiger partial charge in [-0.1, -0.05) is 41.9 Å². The molecule has 2 aromatic rings. The summed E-state index contributed by atoms with van der Waals surface area (Å²) in [5.41, 5.74) is 4.63. The lowest BCUT2D eigenvalue weighted by Gasteiger charge is -2.43. The molecular weight excluding hydrogens is 401 g/mol. The summed E-state index contributed by atoms with van der Waals surface area (Å²) in [6.45, 7) is 8.56. The molecule has 27 heavy (non-hydrogen) atoms. The van der Waals surface area contributed by atoms with Gasteiger partial charge in [-0.2, -0.15) is 0 Å². The lowest BCUT2D eigenvalue weighted by Crippen LogP contribution is -2.56. The molecule has 1 fully saturated rings. The Kier molecular flexibility index (Phi) is 7.58. The van der Waals surface area contributed by atoms with Gasteiger partial charge in [-0.25, -0.2) is 0 Å². The van der Waals surface area contributed by atoms with Crippen molar-refractivity contribution in [1.82, 2.24) is 4.90 Å². The van der Waals surface area contributed by atoms with E-state index in [1.54, 1.807) is 0 Å². The Balaban J connectivity index is 0.00000131. The Morgan fingerprint density at radius 3 is 2.48 bits per heavy atom. The van der Waals surface area contributed by atoms with E-state index in [1.165, 1.54) is 5.69 Å². The van der Waals surface area contributed by atoms with Crippen molar-refractivity contribution in [2.24, 2.45) is 4.99 Å². The number of halogens is 3. The average molecular weight is 427 g/mol. The molecule has 0 aromatic heterocycles. The molecule has 0 N–H and O–H groups in total. The van der Waals surface area contributed by atoms with Gasteiger partial charge in [-0.15, -0.1) is 24.8 Å². The highest BCUT2D eigenvalue weighted by Gasteiger charge is 2.32. The predicted octanol–water partition coefficient (Wildman–Crippen LogP) is 4.93. The number of hydrogen-bond acceptors (Lipinski definition) is 3. The van der Waals surface area contributed by atoms with Gasteiger partial charge in [0.05, 0.1) is 18.3 Å². The van der Waals surface area contributed by atoms with Crippen LogP contribution in [0.25, 0.3) is 0 Å². The summed E-state index contributed by atoms with van der Waals surface area (Å²) in [6, 6.07) is 17.7. The van der Waals surface area contributed by atoms with Crippen molar-refractivity contribution < 1.29 is 0 Å². The fraction of sp³-hybridized carbons (Fsp3) is 0.381. The molecule has 0 aliphatic carbocycles. The Hall–Kier alpha value is -1.26. The van der Waals surface area contributed by atoms with Crippen LogP contribution in [0.4, 0.5) is 5.69 Å². The van der Waals surface area contributed by atoms with E-state index in [9.17, 15) is 0 Å². The van der Waals surface area contributed by atoms with Gasteiger partial charge in [-0.05, 0) is 32.0 Å². The second kappa shape index (κ2) is 9.29. The zero-order valence-corrected chi connectivity index (χ0v) is 18.0. The first kappa shape index (κ1) is 22.0. The molecule has 2 aromatic carbocycles. The van der Waals surface area contributed by atoms with Gasteiger partial charge in [0.1, 0.15) is 0 Å². The molecule has 2 aliphatic rings. The van der Waals surface area contributed by atoms with E-state index in [-0.39, 0.29) is 24.8 Å². The third kappa shape index (κ3) is 4.43. The largest absolute Gasteiger partial charge is 0.364 e. The van der Waals surface area contributed by atoms with Crippen LogP contribution < -0.4 is 4.90 Å². The molecule has 146 valence electrons. The third-order valence-electron chi connectivity index (χ3n) is 5.27. The molecule has 0 radical (unpaired) electrons. The standard InChI is InChI=1S/C21H24ClN3.2ClH/c1-15(2)24-10-11-25-18(14-24)13-23-21(16-6-4-3-5-7-16)19-12-17(22)8-9-20(19)25;;/h3-9,12,15,18H,10-11,13-14H2,1-2H3;2*1H. The van der Waals surface area contributed by atoms with Gasteiger partial charge in [0.25, 0.3) is 0 Å². The SMILES string of the molecule is CC(C)N1CCN2c3ccc(Cl)cc3C(c3ccccc3)=NCC2C1.Cl.Cl. The number of nitrogens with zero attached hydrogens (tertiary/aromatic N) is 3. The molecule has 2 heterocycles. The lowest BCUT2D eigenvalue weighted by atomic mass is 9.99. The van der Waals surface area contributed by atoms with E-state index in [2.05, 4.69) is 60.0 Å². The third-order valence-corrected chi connectivity index (χ3v) is 5.51. The van der Waals surface area contributed by atoms with Crippen LogP contribution >= 0.6 is 36.4 Å². The van der Waals surface area contributed by atoms with E-state index in [0.29, 0.717) is 12.1 Å². The van der Waals surface area contributed by atoms with E-state index >= 15 is 0 Å². The number of piperazine rings is 1. The van der Waals surface area contributed by atoms with Crippen molar-refractivity contribution in [2.45, 2.75) is 25.9 Å². The molecule has 1 saturated heterocycles. The highest BCUT2D eigenvalue weighted by molar-refractivity contribution is 6.31. The molecule has 4 rings (SSSR count). The van der Waals surface area contributed by atoms with Gasteiger partial charge >= 0.3 is 0 Å². The molecule has 1 unspecified atom stereocenters. The number of anilines is 1. The number of fused-ring (bicyclic) bond motifs is 3. The van der Waals surface area contributed by atoms with Crippen LogP contribution in [0.3, 0.4) is 0 Å². The normalized spacial score (nSPS) is 19.2. The smallest absolute Gasteiger partial charge is 0.0741 e. The number of rotatable bonds is 2. The fourth-order valence-electron chi connectivity index (χ4n) is 3.89. The van der Waals surface area contributed by atoms with Crippen molar-refractivity contribution in [3.63, 3.8) is 0 Å². The zero-order valence-electron chi connectivity index (χ0n) is 15.6. The highest BCUT2D eigenvalue weighted by Crippen LogP contribution is 2.32. The number of hydrogen-bond donors (Lipinski definition) is 0. The van der Waals surface area contributed by atoms with E-state index in [1.807, 2.05) is 12.1 Å². The molecular formula is C21H26Cl3N3. The Bertz CT molecular complexity index is 793. The molecule has 0 amide bonds. The maximum absolute atomic E-state index is 6.34. The summed E-state index contributed by atoms with van der Waals surface area (Å²) >= 11 is 6.34. The predicted molar refractivity (Wildman–Crippen MR) is 121 cm³/mol. The maximum atomic E-state index is 6.34. The summed E-state index contributed by atoms with van der Waals surface area (Å²) in [5, 5.41) is 0.765. The second-order valence-corrected chi connectivity index (χ2v) is 7.59. The minimum atomic E-state index is 0. The summed E-state index contributed by atoms with van der Waals surface area (Å²) in [6.07, 6.45) is 0. The molecule has 3 nitrogen and oxygen atoms in total. The topological polar surface area (TPSA) is 18.8 Å². The Morgan fingerprint density at radius 2 is 1.78 bits per heavy atom. The molecule has 0 bridgehead atoms. The van der Waals surface area contributed by atoms with Gasteiger partial charge in [0.15, 0.2) is 0 Å². The monoisotopic (exact) mass is 425 g/mol. The van der Waals surface area contributed by atoms with Gasteiger partial charge in [0.2, 0.25) is 0 Å². The van der Waals surface area contributed by atoms with Crippen LogP contribution in [0.15, 0.2) is 53.5 Å². The minimum Gasteiger partial charge on any atom is -0.364 e. The zero-order chi connectivity index (χ0) is 17.4. The Labute approximate surface area is 179 Å². The molecule has 0 spiro atoms. The summed E-state index contributed by atoms with van der Waals surface area (Å²) < 4.78 is 0. The Morgan fingerprint density at radius 1 is 1.04 bits per heavy atom.